The zero-order chi connectivity index (χ0) is 15.6. The molecule has 118 valence electrons. The van der Waals surface area contributed by atoms with Gasteiger partial charge in [0, 0.05) is 13.1 Å². The molecule has 0 aliphatic carbocycles. The van der Waals surface area contributed by atoms with Gasteiger partial charge in [-0.05, 0) is 39.2 Å². The average Bonchev–Trinajstić information content (AvgIpc) is 2.41. The minimum absolute atomic E-state index is 0.365. The summed E-state index contributed by atoms with van der Waals surface area (Å²) in [5.74, 6) is 0. The maximum atomic E-state index is 11.4. The molecule has 21 heavy (non-hydrogen) atoms. The lowest BCUT2D eigenvalue weighted by Crippen LogP contribution is -2.33. The van der Waals surface area contributed by atoms with Crippen LogP contribution >= 0.6 is 0 Å². The number of amides is 1. The van der Waals surface area contributed by atoms with Crippen LogP contribution in [0.15, 0.2) is 30.3 Å². The molecular formula is C16H26N2O3. The van der Waals surface area contributed by atoms with Gasteiger partial charge in [-0.3, -0.25) is 4.84 Å². The van der Waals surface area contributed by atoms with Gasteiger partial charge in [-0.2, -0.15) is 0 Å². The predicted molar refractivity (Wildman–Crippen MR) is 82.7 cm³/mol. The van der Waals surface area contributed by atoms with Gasteiger partial charge in [0.15, 0.2) is 0 Å². The van der Waals surface area contributed by atoms with Crippen molar-refractivity contribution in [3.8, 4) is 0 Å². The number of nitrogens with one attached hydrogen (secondary N) is 2. The topological polar surface area (TPSA) is 59.6 Å². The van der Waals surface area contributed by atoms with E-state index in [1.165, 1.54) is 0 Å². The number of rotatable bonds is 8. The second kappa shape index (κ2) is 9.37. The molecule has 0 spiro atoms. The Morgan fingerprint density at radius 2 is 1.76 bits per heavy atom. The van der Waals surface area contributed by atoms with Crippen molar-refractivity contribution in [1.29, 1.82) is 0 Å². The number of hydrogen-bond acceptors (Lipinski definition) is 4. The number of benzene rings is 1. The third-order valence-electron chi connectivity index (χ3n) is 2.56. The lowest BCUT2D eigenvalue weighted by atomic mass is 10.2. The van der Waals surface area contributed by atoms with Crippen LogP contribution in [0.4, 0.5) is 4.79 Å². The summed E-state index contributed by atoms with van der Waals surface area (Å²) in [6.07, 6.45) is 1.43. The Morgan fingerprint density at radius 3 is 2.43 bits per heavy atom. The fourth-order valence-electron chi connectivity index (χ4n) is 1.61. The third kappa shape index (κ3) is 9.87. The van der Waals surface area contributed by atoms with Gasteiger partial charge in [-0.1, -0.05) is 30.3 Å². The van der Waals surface area contributed by atoms with Crippen molar-refractivity contribution in [1.82, 2.24) is 10.8 Å². The Kier molecular flexibility index (Phi) is 7.79. The van der Waals surface area contributed by atoms with Crippen LogP contribution in [-0.2, 0) is 16.2 Å². The van der Waals surface area contributed by atoms with Crippen molar-refractivity contribution >= 4 is 6.09 Å². The quantitative estimate of drug-likeness (QED) is 0.571. The SMILES string of the molecule is CC(C)(C)OC(=O)NCCCCNOCc1ccccc1. The second-order valence-corrected chi connectivity index (χ2v) is 5.80. The molecule has 0 aromatic heterocycles. The summed E-state index contributed by atoms with van der Waals surface area (Å²) in [7, 11) is 0. The van der Waals surface area contributed by atoms with Gasteiger partial charge in [0.2, 0.25) is 0 Å². The monoisotopic (exact) mass is 294 g/mol. The van der Waals surface area contributed by atoms with Gasteiger partial charge in [0.1, 0.15) is 5.60 Å². The highest BCUT2D eigenvalue weighted by Crippen LogP contribution is 2.06. The van der Waals surface area contributed by atoms with Crippen molar-refractivity contribution in [2.24, 2.45) is 0 Å². The third-order valence-corrected chi connectivity index (χ3v) is 2.56. The van der Waals surface area contributed by atoms with Crippen LogP contribution in [0.5, 0.6) is 0 Å². The molecule has 0 radical (unpaired) electrons. The van der Waals surface area contributed by atoms with Crippen LogP contribution in [0.1, 0.15) is 39.2 Å². The molecule has 5 nitrogen and oxygen atoms in total. The van der Waals surface area contributed by atoms with Crippen molar-refractivity contribution in [3.63, 3.8) is 0 Å². The van der Waals surface area contributed by atoms with Gasteiger partial charge >= 0.3 is 6.09 Å². The van der Waals surface area contributed by atoms with Crippen molar-refractivity contribution in [2.75, 3.05) is 13.1 Å². The zero-order valence-electron chi connectivity index (χ0n) is 13.1. The maximum Gasteiger partial charge on any atom is 0.407 e. The molecule has 1 rings (SSSR count). The molecule has 0 bridgehead atoms. The van der Waals surface area contributed by atoms with E-state index in [1.807, 2.05) is 51.1 Å². The molecule has 0 aliphatic heterocycles. The first kappa shape index (κ1) is 17.5. The Labute approximate surface area is 127 Å². The van der Waals surface area contributed by atoms with E-state index in [9.17, 15) is 4.79 Å². The summed E-state index contributed by atoms with van der Waals surface area (Å²) in [6.45, 7) is 7.46. The summed E-state index contributed by atoms with van der Waals surface area (Å²) < 4.78 is 5.14. The summed E-state index contributed by atoms with van der Waals surface area (Å²) in [4.78, 5) is 16.7. The van der Waals surface area contributed by atoms with E-state index in [-0.39, 0.29) is 6.09 Å². The number of unbranched alkanes of at least 4 members (excludes halogenated alkanes) is 1. The second-order valence-electron chi connectivity index (χ2n) is 5.80. The fraction of sp³-hybridized carbons (Fsp3) is 0.562. The average molecular weight is 294 g/mol. The molecule has 1 amide bonds. The van der Waals surface area contributed by atoms with Crippen molar-refractivity contribution in [2.45, 2.75) is 45.8 Å². The normalized spacial score (nSPS) is 11.2. The smallest absolute Gasteiger partial charge is 0.407 e. The van der Waals surface area contributed by atoms with E-state index >= 15 is 0 Å². The molecule has 0 atom stereocenters. The van der Waals surface area contributed by atoms with Crippen LogP contribution < -0.4 is 10.8 Å². The molecule has 1 aromatic rings. The Morgan fingerprint density at radius 1 is 1.10 bits per heavy atom. The van der Waals surface area contributed by atoms with Crippen LogP contribution in [0.25, 0.3) is 0 Å². The summed E-state index contributed by atoms with van der Waals surface area (Å²) in [5, 5.41) is 2.73. The van der Waals surface area contributed by atoms with E-state index in [1.54, 1.807) is 0 Å². The van der Waals surface area contributed by atoms with E-state index in [0.717, 1.165) is 24.9 Å². The van der Waals surface area contributed by atoms with E-state index < -0.39 is 5.60 Å². The molecule has 0 saturated heterocycles. The van der Waals surface area contributed by atoms with E-state index in [4.69, 9.17) is 9.57 Å². The number of alkyl carbamates (subject to hydrolysis) is 1. The highest BCUT2D eigenvalue weighted by atomic mass is 16.6. The lowest BCUT2D eigenvalue weighted by Gasteiger charge is -2.19. The van der Waals surface area contributed by atoms with Gasteiger partial charge < -0.3 is 10.1 Å². The van der Waals surface area contributed by atoms with Gasteiger partial charge in [-0.25, -0.2) is 10.3 Å². The van der Waals surface area contributed by atoms with Crippen molar-refractivity contribution in [3.05, 3.63) is 35.9 Å². The predicted octanol–water partition coefficient (Wildman–Crippen LogP) is 3.01. The maximum absolute atomic E-state index is 11.4. The molecule has 0 heterocycles. The Hall–Kier alpha value is -1.59. The van der Waals surface area contributed by atoms with Crippen LogP contribution in [-0.4, -0.2) is 24.8 Å². The fourth-order valence-corrected chi connectivity index (χ4v) is 1.61. The first-order chi connectivity index (χ1) is 9.97. The summed E-state index contributed by atoms with van der Waals surface area (Å²) in [6, 6.07) is 10.00. The highest BCUT2D eigenvalue weighted by molar-refractivity contribution is 5.67. The molecule has 2 N–H and O–H groups in total. The zero-order valence-corrected chi connectivity index (χ0v) is 13.1. The number of hydroxylamine groups is 1. The highest BCUT2D eigenvalue weighted by Gasteiger charge is 2.15. The minimum Gasteiger partial charge on any atom is -0.444 e. The lowest BCUT2D eigenvalue weighted by molar-refractivity contribution is 0.0272. The molecule has 0 fully saturated rings. The van der Waals surface area contributed by atoms with Gasteiger partial charge in [0.25, 0.3) is 0 Å². The molecule has 0 aliphatic rings. The first-order valence-electron chi connectivity index (χ1n) is 7.33. The molecular weight excluding hydrogens is 268 g/mol. The molecule has 5 heteroatoms. The largest absolute Gasteiger partial charge is 0.444 e. The van der Waals surface area contributed by atoms with E-state index in [0.29, 0.717) is 13.2 Å². The summed E-state index contributed by atoms with van der Waals surface area (Å²) in [5.41, 5.74) is 3.60. The standard InChI is InChI=1S/C16H26N2O3/c1-16(2,3)21-15(19)17-11-7-8-12-18-20-13-14-9-5-4-6-10-14/h4-6,9-10,18H,7-8,11-13H2,1-3H3,(H,17,19). The number of ether oxygens (including phenoxy) is 1. The number of carbonyl (C=O) groups is 1. The van der Waals surface area contributed by atoms with Crippen LogP contribution in [0.3, 0.4) is 0 Å². The van der Waals surface area contributed by atoms with E-state index in [2.05, 4.69) is 10.8 Å². The molecule has 0 saturated carbocycles. The molecule has 1 aromatic carbocycles. The van der Waals surface area contributed by atoms with Gasteiger partial charge in [-0.15, -0.1) is 0 Å². The minimum atomic E-state index is -0.448. The van der Waals surface area contributed by atoms with Gasteiger partial charge in [0.05, 0.1) is 6.61 Å². The van der Waals surface area contributed by atoms with Crippen molar-refractivity contribution < 1.29 is 14.4 Å². The Balaban J connectivity index is 1.92. The van der Waals surface area contributed by atoms with Crippen LogP contribution in [0.2, 0.25) is 0 Å². The van der Waals surface area contributed by atoms with Crippen LogP contribution in [0, 0.1) is 0 Å². The number of hydrogen-bond donors (Lipinski definition) is 2. The Bertz CT molecular complexity index is 402. The molecule has 0 unspecified atom stereocenters. The first-order valence-corrected chi connectivity index (χ1v) is 7.33. The number of carbonyl (C=O) groups excluding carboxylic acids is 1. The summed E-state index contributed by atoms with van der Waals surface area (Å²) >= 11 is 0.